The molecule has 0 spiro atoms. The first-order chi connectivity index (χ1) is 9.75. The van der Waals surface area contributed by atoms with Crippen molar-refractivity contribution >= 4 is 25.6 Å². The molecule has 1 aromatic rings. The smallest absolute Gasteiger partial charge is 0.268 e. The maximum absolute atomic E-state index is 12.4. The lowest BCUT2D eigenvalue weighted by Crippen LogP contribution is -2.49. The Hall–Kier alpha value is -1.05. The molecular weight excluding hydrogens is 316 g/mol. The molecule has 6 nitrogen and oxygen atoms in total. The molecule has 0 radical (unpaired) electrons. The predicted octanol–water partition coefficient (Wildman–Crippen LogP) is 1.73. The molecule has 2 heterocycles. The molecule has 1 aliphatic rings. The van der Waals surface area contributed by atoms with Crippen molar-refractivity contribution in [3.63, 3.8) is 0 Å². The molecular formula is C13H19ClN2O4S. The van der Waals surface area contributed by atoms with Crippen molar-refractivity contribution in [2.45, 2.75) is 43.7 Å². The van der Waals surface area contributed by atoms with Crippen LogP contribution in [-0.2, 0) is 20.3 Å². The zero-order valence-electron chi connectivity index (χ0n) is 12.1. The quantitative estimate of drug-likeness (QED) is 0.851. The normalized spacial score (nSPS) is 18.4. The molecule has 0 atom stereocenters. The number of rotatable bonds is 4. The van der Waals surface area contributed by atoms with Gasteiger partial charge in [-0.2, -0.15) is 0 Å². The first-order valence-corrected chi connectivity index (χ1v) is 9.11. The summed E-state index contributed by atoms with van der Waals surface area (Å²) in [6.45, 7) is 5.48. The number of aryl methyl sites for hydroxylation is 1. The van der Waals surface area contributed by atoms with Crippen LogP contribution in [0.1, 0.15) is 37.2 Å². The fraction of sp³-hybridized carbons (Fsp3) is 0.615. The number of aromatic nitrogens is 1. The van der Waals surface area contributed by atoms with E-state index in [0.29, 0.717) is 25.5 Å². The zero-order chi connectivity index (χ0) is 15.7. The van der Waals surface area contributed by atoms with Gasteiger partial charge in [0.05, 0.1) is 0 Å². The Labute approximate surface area is 128 Å². The Morgan fingerprint density at radius 2 is 2.10 bits per heavy atom. The Morgan fingerprint density at radius 3 is 2.62 bits per heavy atom. The maximum Gasteiger partial charge on any atom is 0.268 e. The molecule has 8 heteroatoms. The van der Waals surface area contributed by atoms with E-state index in [0.717, 1.165) is 12.8 Å². The van der Waals surface area contributed by atoms with E-state index in [2.05, 4.69) is 5.32 Å². The van der Waals surface area contributed by atoms with Gasteiger partial charge < -0.3 is 14.6 Å². The van der Waals surface area contributed by atoms with Gasteiger partial charge in [0.15, 0.2) is 0 Å². The third kappa shape index (κ3) is 3.78. The second kappa shape index (κ2) is 5.98. The summed E-state index contributed by atoms with van der Waals surface area (Å²) in [5.74, 6) is -0.298. The fourth-order valence-electron chi connectivity index (χ4n) is 2.35. The summed E-state index contributed by atoms with van der Waals surface area (Å²) in [5.41, 5.74) is -0.0394. The van der Waals surface area contributed by atoms with Crippen LogP contribution >= 0.6 is 10.7 Å². The second-order valence-corrected chi connectivity index (χ2v) is 7.98. The number of nitrogens with one attached hydrogen (secondary N) is 1. The van der Waals surface area contributed by atoms with Crippen molar-refractivity contribution in [2.24, 2.45) is 0 Å². The molecule has 1 aromatic heterocycles. The number of carbonyl (C=O) groups is 1. The summed E-state index contributed by atoms with van der Waals surface area (Å²) >= 11 is 0. The van der Waals surface area contributed by atoms with Crippen molar-refractivity contribution in [3.8, 4) is 0 Å². The van der Waals surface area contributed by atoms with Gasteiger partial charge in [-0.3, -0.25) is 4.79 Å². The standard InChI is InChI=1S/C13H19ClN2O4S/c1-3-16-9-10(21(14,18)19)8-11(16)12(17)15-13(2)4-6-20-7-5-13/h8-9H,3-7H2,1-2H3,(H,15,17). The molecule has 0 aliphatic carbocycles. The molecule has 21 heavy (non-hydrogen) atoms. The molecule has 1 fully saturated rings. The molecule has 1 aliphatic heterocycles. The number of hydrogen-bond donors (Lipinski definition) is 1. The predicted molar refractivity (Wildman–Crippen MR) is 79.1 cm³/mol. The molecule has 118 valence electrons. The minimum absolute atomic E-state index is 0.0618. The fourth-order valence-corrected chi connectivity index (χ4v) is 3.11. The van der Waals surface area contributed by atoms with Crippen LogP contribution in [0.5, 0.6) is 0 Å². The molecule has 0 saturated carbocycles. The lowest BCUT2D eigenvalue weighted by atomic mass is 9.92. The summed E-state index contributed by atoms with van der Waals surface area (Å²) in [6, 6.07) is 1.31. The SMILES string of the molecule is CCn1cc(S(=O)(=O)Cl)cc1C(=O)NC1(C)CCOCC1. The topological polar surface area (TPSA) is 77.4 Å². The van der Waals surface area contributed by atoms with E-state index < -0.39 is 9.05 Å². The molecule has 0 aromatic carbocycles. The van der Waals surface area contributed by atoms with Crippen LogP contribution in [-0.4, -0.2) is 37.6 Å². The number of hydrogen-bond acceptors (Lipinski definition) is 4. The van der Waals surface area contributed by atoms with Gasteiger partial charge in [-0.25, -0.2) is 8.42 Å². The monoisotopic (exact) mass is 334 g/mol. The first kappa shape index (κ1) is 16.3. The summed E-state index contributed by atoms with van der Waals surface area (Å²) in [5, 5.41) is 2.97. The average Bonchev–Trinajstić information content (AvgIpc) is 2.83. The van der Waals surface area contributed by atoms with Crippen LogP contribution in [0.4, 0.5) is 0 Å². The van der Waals surface area contributed by atoms with Gasteiger partial charge >= 0.3 is 0 Å². The van der Waals surface area contributed by atoms with Gasteiger partial charge in [-0.1, -0.05) is 0 Å². The Bertz CT molecular complexity index is 633. The van der Waals surface area contributed by atoms with Gasteiger partial charge in [-0.05, 0) is 32.8 Å². The highest BCUT2D eigenvalue weighted by Crippen LogP contribution is 2.22. The van der Waals surface area contributed by atoms with Crippen LogP contribution in [0.2, 0.25) is 0 Å². The number of carbonyl (C=O) groups excluding carboxylic acids is 1. The van der Waals surface area contributed by atoms with Crippen LogP contribution in [0.15, 0.2) is 17.2 Å². The van der Waals surface area contributed by atoms with Gasteiger partial charge in [0.1, 0.15) is 10.6 Å². The first-order valence-electron chi connectivity index (χ1n) is 6.80. The van der Waals surface area contributed by atoms with Crippen molar-refractivity contribution < 1.29 is 17.9 Å². The van der Waals surface area contributed by atoms with Crippen LogP contribution < -0.4 is 5.32 Å². The maximum atomic E-state index is 12.4. The Morgan fingerprint density at radius 1 is 1.48 bits per heavy atom. The van der Waals surface area contributed by atoms with E-state index in [-0.39, 0.29) is 16.3 Å². The van der Waals surface area contributed by atoms with E-state index in [1.54, 1.807) is 4.57 Å². The molecule has 1 N–H and O–H groups in total. The van der Waals surface area contributed by atoms with E-state index >= 15 is 0 Å². The average molecular weight is 335 g/mol. The van der Waals surface area contributed by atoms with Crippen molar-refractivity contribution in [1.82, 2.24) is 9.88 Å². The van der Waals surface area contributed by atoms with Gasteiger partial charge in [0.2, 0.25) is 0 Å². The minimum Gasteiger partial charge on any atom is -0.381 e. The molecule has 2 rings (SSSR count). The summed E-state index contributed by atoms with van der Waals surface area (Å²) < 4.78 is 29.7. The number of nitrogens with zero attached hydrogens (tertiary/aromatic N) is 1. The van der Waals surface area contributed by atoms with Crippen LogP contribution in [0.3, 0.4) is 0 Å². The van der Waals surface area contributed by atoms with Crippen molar-refractivity contribution in [2.75, 3.05) is 13.2 Å². The highest BCUT2D eigenvalue weighted by Gasteiger charge is 2.30. The largest absolute Gasteiger partial charge is 0.381 e. The summed E-state index contributed by atoms with van der Waals surface area (Å²) in [4.78, 5) is 12.4. The summed E-state index contributed by atoms with van der Waals surface area (Å²) in [7, 11) is 1.49. The Kier molecular flexibility index (Phi) is 4.65. The highest BCUT2D eigenvalue weighted by molar-refractivity contribution is 8.13. The minimum atomic E-state index is -3.85. The van der Waals surface area contributed by atoms with Crippen molar-refractivity contribution in [3.05, 3.63) is 18.0 Å². The van der Waals surface area contributed by atoms with Gasteiger partial charge in [0.25, 0.3) is 15.0 Å². The van der Waals surface area contributed by atoms with Crippen molar-refractivity contribution in [1.29, 1.82) is 0 Å². The lowest BCUT2D eigenvalue weighted by Gasteiger charge is -2.34. The van der Waals surface area contributed by atoms with E-state index in [4.69, 9.17) is 15.4 Å². The van der Waals surface area contributed by atoms with E-state index in [1.807, 2.05) is 13.8 Å². The molecule has 1 saturated heterocycles. The highest BCUT2D eigenvalue weighted by atomic mass is 35.7. The number of amides is 1. The van der Waals surface area contributed by atoms with Crippen LogP contribution in [0.25, 0.3) is 0 Å². The van der Waals surface area contributed by atoms with E-state index in [9.17, 15) is 13.2 Å². The lowest BCUT2D eigenvalue weighted by molar-refractivity contribution is 0.0420. The Balaban J connectivity index is 2.24. The van der Waals surface area contributed by atoms with Gasteiger partial charge in [-0.15, -0.1) is 0 Å². The van der Waals surface area contributed by atoms with Gasteiger partial charge in [0, 0.05) is 42.2 Å². The molecule has 1 amide bonds. The number of halogens is 1. The summed E-state index contributed by atoms with van der Waals surface area (Å²) in [6.07, 6.45) is 2.84. The molecule has 0 bridgehead atoms. The van der Waals surface area contributed by atoms with E-state index in [1.165, 1.54) is 12.3 Å². The second-order valence-electron chi connectivity index (χ2n) is 5.41. The number of ether oxygens (including phenoxy) is 1. The molecule has 0 unspecified atom stereocenters. The van der Waals surface area contributed by atoms with Crippen LogP contribution in [0, 0.1) is 0 Å². The third-order valence-corrected chi connectivity index (χ3v) is 5.06. The zero-order valence-corrected chi connectivity index (χ0v) is 13.6. The third-order valence-electron chi connectivity index (χ3n) is 3.74.